The quantitative estimate of drug-likeness (QED) is 0.638. The van der Waals surface area contributed by atoms with Crippen LogP contribution >= 0.6 is 24.8 Å². The van der Waals surface area contributed by atoms with E-state index in [9.17, 15) is 10.1 Å². The van der Waals surface area contributed by atoms with Gasteiger partial charge in [-0.1, -0.05) is 37.5 Å². The van der Waals surface area contributed by atoms with Crippen LogP contribution in [0.1, 0.15) is 43.7 Å². The molecule has 1 aliphatic heterocycles. The van der Waals surface area contributed by atoms with E-state index in [4.69, 9.17) is 0 Å². The van der Waals surface area contributed by atoms with Crippen molar-refractivity contribution in [3.63, 3.8) is 0 Å². The Morgan fingerprint density at radius 2 is 1.71 bits per heavy atom. The van der Waals surface area contributed by atoms with Crippen molar-refractivity contribution >= 4 is 30.5 Å². The summed E-state index contributed by atoms with van der Waals surface area (Å²) in [5.41, 5.74) is 1.21. The van der Waals surface area contributed by atoms with E-state index in [0.717, 1.165) is 31.7 Å². The van der Waals surface area contributed by atoms with Gasteiger partial charge in [0.25, 0.3) is 5.69 Å². The number of nitrogens with zero attached hydrogens (tertiary/aromatic N) is 2. The molecule has 0 bridgehead atoms. The van der Waals surface area contributed by atoms with Crippen LogP contribution in [0.2, 0.25) is 0 Å². The maximum atomic E-state index is 11.5. The standard InChI is InChI=1S/C17H25N3O2.2ClH/c21-20(22)16-9-5-4-8-15(16)17(14-6-2-1-3-7-14)19-12-10-18-11-13-19;;/h4-5,8-9,14,17-18H,1-3,6-7,10-13H2;2*1H/t17-;;/m1../s1. The van der Waals surface area contributed by atoms with Crippen LogP contribution in [0.4, 0.5) is 5.69 Å². The van der Waals surface area contributed by atoms with E-state index in [1.165, 1.54) is 32.1 Å². The number of nitrogens with one attached hydrogen (secondary N) is 1. The molecule has 2 aliphatic rings. The molecular weight excluding hydrogens is 349 g/mol. The molecule has 1 atom stereocenters. The molecule has 1 aromatic carbocycles. The second kappa shape index (κ2) is 10.2. The molecule has 1 aliphatic carbocycles. The first-order valence-corrected chi connectivity index (χ1v) is 8.45. The predicted octanol–water partition coefficient (Wildman–Crippen LogP) is 3.97. The largest absolute Gasteiger partial charge is 0.314 e. The summed E-state index contributed by atoms with van der Waals surface area (Å²) in [6.07, 6.45) is 6.21. The number of benzene rings is 1. The van der Waals surface area contributed by atoms with E-state index in [0.29, 0.717) is 5.92 Å². The molecule has 0 amide bonds. The first kappa shape index (κ1) is 21.2. The summed E-state index contributed by atoms with van der Waals surface area (Å²) in [6.45, 7) is 3.91. The lowest BCUT2D eigenvalue weighted by Gasteiger charge is -2.40. The zero-order valence-corrected chi connectivity index (χ0v) is 15.5. The van der Waals surface area contributed by atoms with Crippen molar-refractivity contribution in [3.05, 3.63) is 39.9 Å². The Hall–Kier alpha value is -0.880. The van der Waals surface area contributed by atoms with Gasteiger partial charge in [-0.15, -0.1) is 24.8 Å². The van der Waals surface area contributed by atoms with E-state index < -0.39 is 0 Å². The summed E-state index contributed by atoms with van der Waals surface area (Å²) in [7, 11) is 0. The highest BCUT2D eigenvalue weighted by Crippen LogP contribution is 2.41. The molecule has 5 nitrogen and oxygen atoms in total. The molecule has 24 heavy (non-hydrogen) atoms. The van der Waals surface area contributed by atoms with Crippen molar-refractivity contribution in [2.24, 2.45) is 5.92 Å². The topological polar surface area (TPSA) is 58.4 Å². The first-order valence-electron chi connectivity index (χ1n) is 8.45. The van der Waals surface area contributed by atoms with Gasteiger partial charge in [-0.05, 0) is 18.8 Å². The minimum atomic E-state index is -0.215. The Morgan fingerprint density at radius 1 is 1.08 bits per heavy atom. The average Bonchev–Trinajstić information content (AvgIpc) is 2.57. The maximum absolute atomic E-state index is 11.5. The number of hydrogen-bond acceptors (Lipinski definition) is 4. The fourth-order valence-corrected chi connectivity index (χ4v) is 4.06. The Morgan fingerprint density at radius 3 is 2.33 bits per heavy atom. The van der Waals surface area contributed by atoms with Crippen LogP contribution in [0, 0.1) is 16.0 Å². The van der Waals surface area contributed by atoms with Gasteiger partial charge in [0.2, 0.25) is 0 Å². The molecule has 0 unspecified atom stereocenters. The van der Waals surface area contributed by atoms with Gasteiger partial charge < -0.3 is 5.32 Å². The average molecular weight is 376 g/mol. The maximum Gasteiger partial charge on any atom is 0.274 e. The van der Waals surface area contributed by atoms with Crippen molar-refractivity contribution in [2.75, 3.05) is 26.2 Å². The summed E-state index contributed by atoms with van der Waals surface area (Å²) >= 11 is 0. The van der Waals surface area contributed by atoms with Crippen LogP contribution in [-0.4, -0.2) is 36.0 Å². The molecule has 1 aromatic rings. The molecule has 0 spiro atoms. The number of hydrogen-bond donors (Lipinski definition) is 1. The van der Waals surface area contributed by atoms with Crippen LogP contribution in [0.15, 0.2) is 24.3 Å². The molecule has 1 saturated heterocycles. The molecule has 0 radical (unpaired) electrons. The van der Waals surface area contributed by atoms with Gasteiger partial charge in [0, 0.05) is 43.9 Å². The molecule has 1 N–H and O–H groups in total. The van der Waals surface area contributed by atoms with Gasteiger partial charge >= 0.3 is 0 Å². The molecule has 136 valence electrons. The molecule has 2 fully saturated rings. The highest BCUT2D eigenvalue weighted by Gasteiger charge is 2.34. The van der Waals surface area contributed by atoms with E-state index in [1.807, 2.05) is 12.1 Å². The molecule has 0 aromatic heterocycles. The highest BCUT2D eigenvalue weighted by atomic mass is 35.5. The van der Waals surface area contributed by atoms with Gasteiger partial charge in [0.1, 0.15) is 0 Å². The zero-order chi connectivity index (χ0) is 15.4. The number of nitro benzene ring substituents is 1. The molecule has 1 saturated carbocycles. The van der Waals surface area contributed by atoms with E-state index >= 15 is 0 Å². The monoisotopic (exact) mass is 375 g/mol. The minimum absolute atomic E-state index is 0. The fourth-order valence-electron chi connectivity index (χ4n) is 4.06. The van der Waals surface area contributed by atoms with Gasteiger partial charge in [-0.3, -0.25) is 15.0 Å². The Balaban J connectivity index is 0.00000144. The van der Waals surface area contributed by atoms with Crippen molar-refractivity contribution in [2.45, 2.75) is 38.1 Å². The van der Waals surface area contributed by atoms with Crippen molar-refractivity contribution < 1.29 is 4.92 Å². The fraction of sp³-hybridized carbons (Fsp3) is 0.647. The third-order valence-corrected chi connectivity index (χ3v) is 5.09. The lowest BCUT2D eigenvalue weighted by molar-refractivity contribution is -0.386. The van der Waals surface area contributed by atoms with Crippen LogP contribution in [0.5, 0.6) is 0 Å². The lowest BCUT2D eigenvalue weighted by Crippen LogP contribution is -2.47. The third-order valence-electron chi connectivity index (χ3n) is 5.09. The van der Waals surface area contributed by atoms with Crippen molar-refractivity contribution in [1.82, 2.24) is 10.2 Å². The second-order valence-electron chi connectivity index (χ2n) is 6.44. The van der Waals surface area contributed by atoms with Crippen LogP contribution in [0.3, 0.4) is 0 Å². The number of nitro groups is 1. The van der Waals surface area contributed by atoms with Crippen molar-refractivity contribution in [3.8, 4) is 0 Å². The predicted molar refractivity (Wildman–Crippen MR) is 101 cm³/mol. The summed E-state index contributed by atoms with van der Waals surface area (Å²) in [5.74, 6) is 0.549. The summed E-state index contributed by atoms with van der Waals surface area (Å²) < 4.78 is 0. The minimum Gasteiger partial charge on any atom is -0.314 e. The van der Waals surface area contributed by atoms with Crippen LogP contribution < -0.4 is 5.32 Å². The molecule has 3 rings (SSSR count). The lowest BCUT2D eigenvalue weighted by atomic mass is 9.79. The Bertz CT molecular complexity index is 500. The summed E-state index contributed by atoms with van der Waals surface area (Å²) in [5, 5.41) is 14.9. The van der Waals surface area contributed by atoms with Crippen molar-refractivity contribution in [1.29, 1.82) is 0 Å². The number of para-hydroxylation sites is 1. The smallest absolute Gasteiger partial charge is 0.274 e. The van der Waals surface area contributed by atoms with E-state index in [1.54, 1.807) is 12.1 Å². The molecule has 1 heterocycles. The van der Waals surface area contributed by atoms with E-state index in [2.05, 4.69) is 10.2 Å². The number of halogens is 2. The second-order valence-corrected chi connectivity index (χ2v) is 6.44. The third kappa shape index (κ3) is 4.82. The van der Waals surface area contributed by atoms with Gasteiger partial charge in [0.05, 0.1) is 4.92 Å². The number of rotatable bonds is 4. The molecule has 7 heteroatoms. The Kier molecular flexibility index (Phi) is 8.98. The normalized spacial score (nSPS) is 20.5. The first-order chi connectivity index (χ1) is 10.8. The highest BCUT2D eigenvalue weighted by molar-refractivity contribution is 5.85. The summed E-state index contributed by atoms with van der Waals surface area (Å²) in [6, 6.07) is 7.55. The Labute approximate surface area is 156 Å². The number of piperazine rings is 1. The molecular formula is C17H27Cl2N3O2. The zero-order valence-electron chi connectivity index (χ0n) is 13.9. The van der Waals surface area contributed by atoms with Crippen LogP contribution in [0.25, 0.3) is 0 Å². The van der Waals surface area contributed by atoms with E-state index in [-0.39, 0.29) is 41.5 Å². The SMILES string of the molecule is Cl.Cl.O=[N+]([O-])c1ccccc1[C@@H](C1CCCCC1)N1CCNCC1. The van der Waals surface area contributed by atoms with Crippen LogP contribution in [-0.2, 0) is 0 Å². The van der Waals surface area contributed by atoms with Gasteiger partial charge in [-0.2, -0.15) is 0 Å². The van der Waals surface area contributed by atoms with Gasteiger partial charge in [0.15, 0.2) is 0 Å². The summed E-state index contributed by atoms with van der Waals surface area (Å²) in [4.78, 5) is 13.7. The van der Waals surface area contributed by atoms with Gasteiger partial charge in [-0.25, -0.2) is 0 Å².